The molecule has 0 amide bonds. The first-order valence-electron chi connectivity index (χ1n) is 5.18. The summed E-state index contributed by atoms with van der Waals surface area (Å²) in [4.78, 5) is 1.24. The Labute approximate surface area is 94.8 Å². The molecule has 0 spiro atoms. The van der Waals surface area contributed by atoms with Gasteiger partial charge in [0.15, 0.2) is 0 Å². The van der Waals surface area contributed by atoms with Crippen molar-refractivity contribution in [2.75, 3.05) is 13.2 Å². The highest BCUT2D eigenvalue weighted by Gasteiger charge is 2.26. The van der Waals surface area contributed by atoms with Crippen LogP contribution in [0, 0.1) is 0 Å². The molecule has 0 radical (unpaired) electrons. The molecular weight excluding hydrogens is 210 g/mol. The van der Waals surface area contributed by atoms with Gasteiger partial charge in [-0.3, -0.25) is 5.32 Å². The Hall–Kier alpha value is -0.420. The fourth-order valence-corrected chi connectivity index (χ4v) is 2.29. The number of thiophene rings is 1. The number of hydrogen-bond donors (Lipinski definition) is 3. The first kappa shape index (κ1) is 12.6. The van der Waals surface area contributed by atoms with Gasteiger partial charge in [-0.05, 0) is 24.8 Å². The van der Waals surface area contributed by atoms with E-state index < -0.39 is 5.54 Å². The van der Waals surface area contributed by atoms with Crippen LogP contribution in [0.5, 0.6) is 0 Å². The second kappa shape index (κ2) is 5.61. The molecule has 1 aromatic rings. The van der Waals surface area contributed by atoms with E-state index in [4.69, 9.17) is 0 Å². The predicted octanol–water partition coefficient (Wildman–Crippen LogP) is 1.53. The Morgan fingerprint density at radius 2 is 2.13 bits per heavy atom. The van der Waals surface area contributed by atoms with E-state index >= 15 is 0 Å². The second-order valence-corrected chi connectivity index (χ2v) is 4.98. The number of aliphatic hydroxyl groups excluding tert-OH is 2. The Balaban J connectivity index is 2.69. The van der Waals surface area contributed by atoms with Crippen LogP contribution >= 0.6 is 11.3 Å². The van der Waals surface area contributed by atoms with Crippen LogP contribution in [0.15, 0.2) is 17.5 Å². The van der Waals surface area contributed by atoms with Crippen molar-refractivity contribution in [1.29, 1.82) is 0 Å². The van der Waals surface area contributed by atoms with Crippen LogP contribution in [0.4, 0.5) is 0 Å². The fourth-order valence-electron chi connectivity index (χ4n) is 1.43. The normalized spacial score (nSPS) is 14.1. The van der Waals surface area contributed by atoms with E-state index in [9.17, 15) is 10.2 Å². The number of aliphatic hydroxyl groups is 2. The SMILES string of the molecule is CCC(NC(C)(CO)CO)c1cccs1. The first-order valence-corrected chi connectivity index (χ1v) is 6.06. The van der Waals surface area contributed by atoms with Crippen LogP contribution in [0.3, 0.4) is 0 Å². The van der Waals surface area contributed by atoms with E-state index in [0.717, 1.165) is 6.42 Å². The van der Waals surface area contributed by atoms with Gasteiger partial charge in [0, 0.05) is 10.9 Å². The Kier molecular flexibility index (Phi) is 4.73. The van der Waals surface area contributed by atoms with Gasteiger partial charge in [-0.1, -0.05) is 13.0 Å². The number of rotatable bonds is 6. The largest absolute Gasteiger partial charge is 0.394 e. The zero-order valence-corrected chi connectivity index (χ0v) is 10.0. The average Bonchev–Trinajstić information content (AvgIpc) is 2.79. The second-order valence-electron chi connectivity index (χ2n) is 4.00. The fraction of sp³-hybridized carbons (Fsp3) is 0.636. The molecule has 0 saturated carbocycles. The molecule has 1 rings (SSSR count). The van der Waals surface area contributed by atoms with Crippen molar-refractivity contribution in [3.05, 3.63) is 22.4 Å². The molecule has 0 aliphatic heterocycles. The lowest BCUT2D eigenvalue weighted by molar-refractivity contribution is 0.0936. The molecule has 0 bridgehead atoms. The minimum Gasteiger partial charge on any atom is -0.394 e. The third-order valence-electron chi connectivity index (χ3n) is 2.52. The van der Waals surface area contributed by atoms with Crippen molar-refractivity contribution in [1.82, 2.24) is 5.32 Å². The standard InChI is InChI=1S/C11H19NO2S/c1-3-9(10-5-4-6-15-10)12-11(2,7-13)8-14/h4-6,9,12-14H,3,7-8H2,1-2H3. The van der Waals surface area contributed by atoms with Crippen molar-refractivity contribution in [3.63, 3.8) is 0 Å². The molecule has 1 aromatic heterocycles. The molecule has 1 heterocycles. The highest BCUT2D eigenvalue weighted by Crippen LogP contribution is 2.24. The van der Waals surface area contributed by atoms with Gasteiger partial charge in [0.25, 0.3) is 0 Å². The average molecular weight is 229 g/mol. The monoisotopic (exact) mass is 229 g/mol. The molecular formula is C11H19NO2S. The molecule has 0 fully saturated rings. The zero-order valence-electron chi connectivity index (χ0n) is 9.23. The van der Waals surface area contributed by atoms with E-state index in [1.54, 1.807) is 11.3 Å². The third kappa shape index (κ3) is 3.28. The lowest BCUT2D eigenvalue weighted by Crippen LogP contribution is -2.50. The van der Waals surface area contributed by atoms with Crippen LogP contribution in [-0.4, -0.2) is 29.0 Å². The summed E-state index contributed by atoms with van der Waals surface area (Å²) >= 11 is 1.69. The topological polar surface area (TPSA) is 52.5 Å². The summed E-state index contributed by atoms with van der Waals surface area (Å²) in [6, 6.07) is 4.29. The van der Waals surface area contributed by atoms with Gasteiger partial charge in [0.1, 0.15) is 0 Å². The highest BCUT2D eigenvalue weighted by molar-refractivity contribution is 7.10. The van der Waals surface area contributed by atoms with Gasteiger partial charge in [-0.25, -0.2) is 0 Å². The van der Waals surface area contributed by atoms with E-state index in [1.807, 2.05) is 18.4 Å². The molecule has 4 heteroatoms. The summed E-state index contributed by atoms with van der Waals surface area (Å²) in [6.07, 6.45) is 0.941. The van der Waals surface area contributed by atoms with Crippen LogP contribution in [-0.2, 0) is 0 Å². The quantitative estimate of drug-likeness (QED) is 0.693. The molecule has 3 N–H and O–H groups in total. The molecule has 15 heavy (non-hydrogen) atoms. The van der Waals surface area contributed by atoms with Crippen molar-refractivity contribution in [2.45, 2.75) is 31.8 Å². The third-order valence-corrected chi connectivity index (χ3v) is 3.50. The van der Waals surface area contributed by atoms with Crippen molar-refractivity contribution in [3.8, 4) is 0 Å². The molecule has 3 nitrogen and oxygen atoms in total. The lowest BCUT2D eigenvalue weighted by atomic mass is 10.0. The van der Waals surface area contributed by atoms with Crippen LogP contribution in [0.2, 0.25) is 0 Å². The molecule has 0 saturated heterocycles. The Morgan fingerprint density at radius 3 is 2.53 bits per heavy atom. The van der Waals surface area contributed by atoms with Crippen molar-refractivity contribution < 1.29 is 10.2 Å². The van der Waals surface area contributed by atoms with Crippen LogP contribution < -0.4 is 5.32 Å². The molecule has 1 atom stereocenters. The highest BCUT2D eigenvalue weighted by atomic mass is 32.1. The zero-order chi connectivity index (χ0) is 11.3. The minimum absolute atomic E-state index is 0.0641. The van der Waals surface area contributed by atoms with Crippen molar-refractivity contribution in [2.24, 2.45) is 0 Å². The maximum absolute atomic E-state index is 9.21. The smallest absolute Gasteiger partial charge is 0.0633 e. The van der Waals surface area contributed by atoms with Gasteiger partial charge in [0.05, 0.1) is 18.8 Å². The summed E-state index contributed by atoms with van der Waals surface area (Å²) in [5.41, 5.74) is -0.606. The predicted molar refractivity (Wildman–Crippen MR) is 63.1 cm³/mol. The van der Waals surface area contributed by atoms with Crippen molar-refractivity contribution >= 4 is 11.3 Å². The maximum atomic E-state index is 9.21. The van der Waals surface area contributed by atoms with E-state index in [2.05, 4.69) is 18.3 Å². The van der Waals surface area contributed by atoms with Gasteiger partial charge in [-0.15, -0.1) is 11.3 Å². The van der Waals surface area contributed by atoms with Crippen LogP contribution in [0.1, 0.15) is 31.2 Å². The lowest BCUT2D eigenvalue weighted by Gasteiger charge is -2.31. The van der Waals surface area contributed by atoms with E-state index in [-0.39, 0.29) is 19.3 Å². The number of nitrogens with one attached hydrogen (secondary N) is 1. The molecule has 0 aliphatic carbocycles. The van der Waals surface area contributed by atoms with Gasteiger partial charge < -0.3 is 10.2 Å². The van der Waals surface area contributed by atoms with Crippen LogP contribution in [0.25, 0.3) is 0 Å². The summed E-state index contributed by atoms with van der Waals surface area (Å²) in [5.74, 6) is 0. The molecule has 0 aromatic carbocycles. The molecule has 0 aliphatic rings. The number of hydrogen-bond acceptors (Lipinski definition) is 4. The Bertz CT molecular complexity index is 270. The maximum Gasteiger partial charge on any atom is 0.0633 e. The van der Waals surface area contributed by atoms with Gasteiger partial charge >= 0.3 is 0 Å². The van der Waals surface area contributed by atoms with Gasteiger partial charge in [-0.2, -0.15) is 0 Å². The summed E-state index contributed by atoms with van der Waals surface area (Å²) in [5, 5.41) is 23.7. The van der Waals surface area contributed by atoms with E-state index in [1.165, 1.54) is 4.88 Å². The van der Waals surface area contributed by atoms with Gasteiger partial charge in [0.2, 0.25) is 0 Å². The molecule has 1 unspecified atom stereocenters. The van der Waals surface area contributed by atoms with E-state index in [0.29, 0.717) is 0 Å². The summed E-state index contributed by atoms with van der Waals surface area (Å²) < 4.78 is 0. The molecule has 86 valence electrons. The summed E-state index contributed by atoms with van der Waals surface area (Å²) in [6.45, 7) is 3.78. The minimum atomic E-state index is -0.606. The Morgan fingerprint density at radius 1 is 1.47 bits per heavy atom. The first-order chi connectivity index (χ1) is 7.15. The summed E-state index contributed by atoms with van der Waals surface area (Å²) in [7, 11) is 0.